The van der Waals surface area contributed by atoms with Gasteiger partial charge in [0.05, 0.1) is 0 Å². The second kappa shape index (κ2) is 11.5. The van der Waals surface area contributed by atoms with Gasteiger partial charge in [-0.2, -0.15) is 5.26 Å². The van der Waals surface area contributed by atoms with Crippen molar-refractivity contribution in [1.29, 1.82) is 5.26 Å². The number of carbonyl (C=O) groups is 1. The Morgan fingerprint density at radius 2 is 2.00 bits per heavy atom. The van der Waals surface area contributed by atoms with E-state index in [4.69, 9.17) is 0 Å². The van der Waals surface area contributed by atoms with Crippen molar-refractivity contribution in [2.45, 2.75) is 46.6 Å². The maximum absolute atomic E-state index is 13.3. The fourth-order valence-electron chi connectivity index (χ4n) is 5.47. The van der Waals surface area contributed by atoms with E-state index < -0.39 is 0 Å². The second-order valence-electron chi connectivity index (χ2n) is 9.88. The highest BCUT2D eigenvalue weighted by Gasteiger charge is 2.28. The number of hydrogen-bond donors (Lipinski definition) is 0. The SMILES string of the molecule is CCCn1c(C)cc(/C=C(\C#N)C(=O)N2CCCC(CN3CCN(c4ccccn4)CC3)C2)c1C. The minimum Gasteiger partial charge on any atom is -0.354 e. The molecule has 7 heteroatoms. The standard InChI is InChI=1S/C28H38N6O/c1-4-11-34-22(2)17-25(23(34)3)18-26(19-29)28(35)33-12-7-8-24(21-33)20-31-13-15-32(16-14-31)27-9-5-6-10-30-27/h5-6,9-10,17-18,24H,4,7-8,11-16,20-21H2,1-3H3/b26-18+. The van der Waals surface area contributed by atoms with Gasteiger partial charge in [0.25, 0.3) is 5.91 Å². The minimum absolute atomic E-state index is 0.127. The highest BCUT2D eigenvalue weighted by molar-refractivity contribution is 6.01. The number of amides is 1. The Balaban J connectivity index is 1.35. The summed E-state index contributed by atoms with van der Waals surface area (Å²) in [5, 5.41) is 9.81. The summed E-state index contributed by atoms with van der Waals surface area (Å²) >= 11 is 0. The van der Waals surface area contributed by atoms with Gasteiger partial charge in [-0.1, -0.05) is 13.0 Å². The first-order valence-corrected chi connectivity index (χ1v) is 13.0. The third-order valence-corrected chi connectivity index (χ3v) is 7.38. The topological polar surface area (TPSA) is 68.4 Å². The van der Waals surface area contributed by atoms with E-state index in [-0.39, 0.29) is 11.5 Å². The molecule has 4 heterocycles. The summed E-state index contributed by atoms with van der Waals surface area (Å²) in [6, 6.07) is 10.3. The molecule has 1 unspecified atom stereocenters. The van der Waals surface area contributed by atoms with Gasteiger partial charge in [-0.25, -0.2) is 4.98 Å². The van der Waals surface area contributed by atoms with E-state index in [0.717, 1.165) is 88.7 Å². The summed E-state index contributed by atoms with van der Waals surface area (Å²) in [4.78, 5) is 24.5. The van der Waals surface area contributed by atoms with Crippen LogP contribution in [-0.4, -0.2) is 71.1 Å². The number of carbonyl (C=O) groups excluding carboxylic acids is 1. The first-order valence-electron chi connectivity index (χ1n) is 13.0. The zero-order valence-corrected chi connectivity index (χ0v) is 21.4. The predicted molar refractivity (Wildman–Crippen MR) is 140 cm³/mol. The number of hydrogen-bond acceptors (Lipinski definition) is 5. The fraction of sp³-hybridized carbons (Fsp3) is 0.536. The number of likely N-dealkylation sites (tertiary alicyclic amines) is 1. The zero-order chi connectivity index (χ0) is 24.8. The van der Waals surface area contributed by atoms with Gasteiger partial charge >= 0.3 is 0 Å². The minimum atomic E-state index is -0.127. The van der Waals surface area contributed by atoms with E-state index >= 15 is 0 Å². The smallest absolute Gasteiger partial charge is 0.264 e. The van der Waals surface area contributed by atoms with Gasteiger partial charge in [-0.15, -0.1) is 0 Å². The van der Waals surface area contributed by atoms with E-state index in [1.165, 1.54) is 5.69 Å². The molecule has 35 heavy (non-hydrogen) atoms. The number of piperidine rings is 1. The van der Waals surface area contributed by atoms with Crippen LogP contribution in [0.5, 0.6) is 0 Å². The summed E-state index contributed by atoms with van der Waals surface area (Å²) in [7, 11) is 0. The molecule has 2 fully saturated rings. The van der Waals surface area contributed by atoms with Crippen molar-refractivity contribution >= 4 is 17.8 Å². The maximum atomic E-state index is 13.3. The quantitative estimate of drug-likeness (QED) is 0.450. The van der Waals surface area contributed by atoms with E-state index in [1.54, 1.807) is 6.08 Å². The third kappa shape index (κ3) is 5.94. The Morgan fingerprint density at radius 1 is 1.20 bits per heavy atom. The van der Waals surface area contributed by atoms with Crippen molar-refractivity contribution in [3.05, 3.63) is 53.0 Å². The molecule has 186 valence electrons. The second-order valence-corrected chi connectivity index (χ2v) is 9.88. The van der Waals surface area contributed by atoms with Crippen LogP contribution in [0.15, 0.2) is 36.0 Å². The molecular weight excluding hydrogens is 436 g/mol. The lowest BCUT2D eigenvalue weighted by Crippen LogP contribution is -2.50. The highest BCUT2D eigenvalue weighted by Crippen LogP contribution is 2.23. The number of nitrogens with zero attached hydrogens (tertiary/aromatic N) is 6. The fourth-order valence-corrected chi connectivity index (χ4v) is 5.47. The van der Waals surface area contributed by atoms with Crippen LogP contribution >= 0.6 is 0 Å². The molecule has 0 radical (unpaired) electrons. The molecule has 0 spiro atoms. The predicted octanol–water partition coefficient (Wildman–Crippen LogP) is 3.88. The number of piperazine rings is 1. The molecule has 2 aromatic rings. The van der Waals surface area contributed by atoms with Crippen LogP contribution < -0.4 is 4.90 Å². The van der Waals surface area contributed by atoms with Gasteiger partial charge in [0, 0.05) is 69.9 Å². The molecule has 2 aliphatic rings. The first kappa shape index (κ1) is 25.0. The highest BCUT2D eigenvalue weighted by atomic mass is 16.2. The summed E-state index contributed by atoms with van der Waals surface area (Å²) in [5.74, 6) is 1.37. The third-order valence-electron chi connectivity index (χ3n) is 7.38. The van der Waals surface area contributed by atoms with Gasteiger partial charge in [0.1, 0.15) is 17.5 Å². The van der Waals surface area contributed by atoms with Crippen molar-refractivity contribution < 1.29 is 4.79 Å². The number of pyridine rings is 1. The lowest BCUT2D eigenvalue weighted by molar-refractivity contribution is -0.128. The number of aryl methyl sites for hydroxylation is 1. The van der Waals surface area contributed by atoms with Crippen molar-refractivity contribution in [3.8, 4) is 6.07 Å². The molecule has 1 atom stereocenters. The van der Waals surface area contributed by atoms with E-state index in [2.05, 4.69) is 58.3 Å². The molecular formula is C28H38N6O. The summed E-state index contributed by atoms with van der Waals surface area (Å²) in [6.07, 6.45) is 6.82. The van der Waals surface area contributed by atoms with E-state index in [9.17, 15) is 10.1 Å². The first-order chi connectivity index (χ1) is 17.0. The molecule has 0 bridgehead atoms. The van der Waals surface area contributed by atoms with E-state index in [1.807, 2.05) is 23.2 Å². The Hall–Kier alpha value is -3.11. The normalized spacial score (nSPS) is 19.6. The summed E-state index contributed by atoms with van der Waals surface area (Å²) < 4.78 is 2.26. The zero-order valence-electron chi connectivity index (χ0n) is 21.4. The monoisotopic (exact) mass is 474 g/mol. The van der Waals surface area contributed by atoms with Gasteiger partial charge in [0.2, 0.25) is 0 Å². The maximum Gasteiger partial charge on any atom is 0.264 e. The molecule has 7 nitrogen and oxygen atoms in total. The van der Waals surface area contributed by atoms with Crippen LogP contribution in [0.2, 0.25) is 0 Å². The number of rotatable bonds is 7. The van der Waals surface area contributed by atoms with Crippen LogP contribution in [0.25, 0.3) is 6.08 Å². The lowest BCUT2D eigenvalue weighted by Gasteiger charge is -2.39. The molecule has 0 aliphatic carbocycles. The van der Waals surface area contributed by atoms with Crippen molar-refractivity contribution in [3.63, 3.8) is 0 Å². The Kier molecular flexibility index (Phi) is 8.25. The number of anilines is 1. The van der Waals surface area contributed by atoms with Crippen LogP contribution in [0.3, 0.4) is 0 Å². The van der Waals surface area contributed by atoms with Crippen LogP contribution in [0, 0.1) is 31.1 Å². The molecule has 1 amide bonds. The average Bonchev–Trinajstić information content (AvgIpc) is 3.15. The molecule has 2 aromatic heterocycles. The molecule has 0 aromatic carbocycles. The Morgan fingerprint density at radius 3 is 2.69 bits per heavy atom. The van der Waals surface area contributed by atoms with Gasteiger partial charge in [-0.3, -0.25) is 9.69 Å². The molecule has 0 N–H and O–H groups in total. The molecule has 2 saturated heterocycles. The van der Waals surface area contributed by atoms with Crippen LogP contribution in [0.1, 0.15) is 43.1 Å². The molecule has 4 rings (SSSR count). The van der Waals surface area contributed by atoms with Gasteiger partial charge < -0.3 is 14.4 Å². The van der Waals surface area contributed by atoms with Crippen LogP contribution in [0.4, 0.5) is 5.82 Å². The van der Waals surface area contributed by atoms with Crippen molar-refractivity contribution in [1.82, 2.24) is 19.4 Å². The summed E-state index contributed by atoms with van der Waals surface area (Å²) in [6.45, 7) is 13.7. The van der Waals surface area contributed by atoms with Crippen molar-refractivity contribution in [2.75, 3.05) is 50.7 Å². The van der Waals surface area contributed by atoms with Crippen molar-refractivity contribution in [2.24, 2.45) is 5.92 Å². The van der Waals surface area contributed by atoms with Gasteiger partial charge in [0.15, 0.2) is 0 Å². The molecule has 2 aliphatic heterocycles. The number of nitriles is 1. The Labute approximate surface area is 209 Å². The van der Waals surface area contributed by atoms with E-state index in [0.29, 0.717) is 5.92 Å². The lowest BCUT2D eigenvalue weighted by atomic mass is 9.96. The molecule has 0 saturated carbocycles. The largest absolute Gasteiger partial charge is 0.354 e. The average molecular weight is 475 g/mol. The van der Waals surface area contributed by atoms with Crippen LogP contribution in [-0.2, 0) is 11.3 Å². The Bertz CT molecular complexity index is 1070. The number of aromatic nitrogens is 2. The summed E-state index contributed by atoms with van der Waals surface area (Å²) in [5.41, 5.74) is 3.50. The van der Waals surface area contributed by atoms with Gasteiger partial charge in [-0.05, 0) is 68.9 Å².